The zero-order valence-corrected chi connectivity index (χ0v) is 20.4. The third kappa shape index (κ3) is 6.18. The Balaban J connectivity index is 1.37. The second kappa shape index (κ2) is 10.8. The standard InChI is InChI=1S/C26H24ClN3O3S/c1-17-11-18(2)13-21(12-17)28-24(31)15-33-25(32)16-34-26-29-22-5-3-4-6-23(22)30(26)14-19-7-9-20(27)10-8-19/h3-13H,14-16H2,1-2H3,(H,28,31). The Bertz CT molecular complexity index is 1310. The van der Waals surface area contributed by atoms with E-state index in [4.69, 9.17) is 16.3 Å². The molecular formula is C26H24ClN3O3S. The van der Waals surface area contributed by atoms with Gasteiger partial charge in [0, 0.05) is 10.7 Å². The van der Waals surface area contributed by atoms with Crippen molar-refractivity contribution in [1.29, 1.82) is 0 Å². The van der Waals surface area contributed by atoms with E-state index in [1.165, 1.54) is 11.8 Å². The molecule has 0 unspecified atom stereocenters. The average molecular weight is 494 g/mol. The number of hydrogen-bond donors (Lipinski definition) is 1. The minimum atomic E-state index is -0.481. The number of anilines is 1. The van der Waals surface area contributed by atoms with E-state index in [1.54, 1.807) is 0 Å². The molecule has 6 nitrogen and oxygen atoms in total. The first-order chi connectivity index (χ1) is 16.4. The van der Waals surface area contributed by atoms with Gasteiger partial charge in [0.2, 0.25) is 0 Å². The molecule has 1 amide bonds. The normalized spacial score (nSPS) is 10.9. The fourth-order valence-corrected chi connectivity index (χ4v) is 4.58. The minimum Gasteiger partial charge on any atom is -0.455 e. The highest BCUT2D eigenvalue weighted by atomic mass is 35.5. The lowest BCUT2D eigenvalue weighted by Gasteiger charge is -2.10. The van der Waals surface area contributed by atoms with Crippen molar-refractivity contribution in [1.82, 2.24) is 9.55 Å². The van der Waals surface area contributed by atoms with Gasteiger partial charge in [0.05, 0.1) is 23.3 Å². The van der Waals surface area contributed by atoms with E-state index in [2.05, 4.69) is 14.9 Å². The summed E-state index contributed by atoms with van der Waals surface area (Å²) in [5, 5.41) is 4.14. The van der Waals surface area contributed by atoms with Crippen LogP contribution in [0.2, 0.25) is 5.02 Å². The number of thioether (sulfide) groups is 1. The van der Waals surface area contributed by atoms with Gasteiger partial charge in [0.25, 0.3) is 5.91 Å². The van der Waals surface area contributed by atoms with Crippen LogP contribution in [0.3, 0.4) is 0 Å². The molecule has 0 saturated carbocycles. The van der Waals surface area contributed by atoms with Crippen LogP contribution in [0.25, 0.3) is 11.0 Å². The van der Waals surface area contributed by atoms with Crippen molar-refractivity contribution >= 4 is 52.0 Å². The van der Waals surface area contributed by atoms with Gasteiger partial charge in [-0.3, -0.25) is 9.59 Å². The maximum absolute atomic E-state index is 12.3. The second-order valence-corrected chi connectivity index (χ2v) is 9.35. The van der Waals surface area contributed by atoms with Crippen LogP contribution >= 0.6 is 23.4 Å². The summed E-state index contributed by atoms with van der Waals surface area (Å²) in [6, 6.07) is 21.2. The van der Waals surface area contributed by atoms with Gasteiger partial charge in [-0.15, -0.1) is 0 Å². The Morgan fingerprint density at radius 1 is 1.03 bits per heavy atom. The first-order valence-corrected chi connectivity index (χ1v) is 12.1. The van der Waals surface area contributed by atoms with Crippen LogP contribution < -0.4 is 5.32 Å². The number of benzene rings is 3. The Labute approximate surface area is 207 Å². The lowest BCUT2D eigenvalue weighted by molar-refractivity contribution is -0.144. The predicted octanol–water partition coefficient (Wildman–Crippen LogP) is 5.63. The molecule has 1 N–H and O–H groups in total. The Kier molecular flexibility index (Phi) is 7.55. The highest BCUT2D eigenvalue weighted by Gasteiger charge is 2.15. The van der Waals surface area contributed by atoms with E-state index >= 15 is 0 Å². The highest BCUT2D eigenvalue weighted by molar-refractivity contribution is 7.99. The number of aromatic nitrogens is 2. The van der Waals surface area contributed by atoms with Gasteiger partial charge < -0.3 is 14.6 Å². The first kappa shape index (κ1) is 23.9. The molecule has 0 bridgehead atoms. The topological polar surface area (TPSA) is 73.2 Å². The van der Waals surface area contributed by atoms with Crippen molar-refractivity contribution in [3.63, 3.8) is 0 Å². The Morgan fingerprint density at radius 3 is 2.47 bits per heavy atom. The number of nitrogens with one attached hydrogen (secondary N) is 1. The van der Waals surface area contributed by atoms with Crippen LogP contribution in [0.5, 0.6) is 0 Å². The van der Waals surface area contributed by atoms with Crippen molar-refractivity contribution in [2.75, 3.05) is 17.7 Å². The molecule has 0 spiro atoms. The molecule has 0 fully saturated rings. The van der Waals surface area contributed by atoms with Crippen LogP contribution in [0.4, 0.5) is 5.69 Å². The van der Waals surface area contributed by atoms with Gasteiger partial charge in [-0.05, 0) is 66.9 Å². The molecule has 1 aromatic heterocycles. The van der Waals surface area contributed by atoms with Gasteiger partial charge in [0.1, 0.15) is 0 Å². The number of aryl methyl sites for hydroxylation is 2. The SMILES string of the molecule is Cc1cc(C)cc(NC(=O)COC(=O)CSc2nc3ccccc3n2Cc2ccc(Cl)cc2)c1. The van der Waals surface area contributed by atoms with E-state index in [-0.39, 0.29) is 18.3 Å². The quantitative estimate of drug-likeness (QED) is 0.254. The molecule has 0 aliphatic rings. The summed E-state index contributed by atoms with van der Waals surface area (Å²) >= 11 is 7.29. The van der Waals surface area contributed by atoms with E-state index in [1.807, 2.05) is 80.6 Å². The van der Waals surface area contributed by atoms with Crippen molar-refractivity contribution in [2.45, 2.75) is 25.5 Å². The number of nitrogens with zero attached hydrogens (tertiary/aromatic N) is 2. The van der Waals surface area contributed by atoms with Gasteiger partial charge >= 0.3 is 5.97 Å². The molecule has 0 saturated heterocycles. The molecule has 0 aliphatic carbocycles. The van der Waals surface area contributed by atoms with Gasteiger partial charge in [-0.1, -0.05) is 53.7 Å². The van der Waals surface area contributed by atoms with E-state index in [0.717, 1.165) is 27.7 Å². The number of ether oxygens (including phenoxy) is 1. The number of imidazole rings is 1. The van der Waals surface area contributed by atoms with Crippen molar-refractivity contribution in [3.05, 3.63) is 88.4 Å². The maximum Gasteiger partial charge on any atom is 0.316 e. The fourth-order valence-electron chi connectivity index (χ4n) is 3.64. The number of para-hydroxylation sites is 2. The second-order valence-electron chi connectivity index (χ2n) is 7.97. The predicted molar refractivity (Wildman–Crippen MR) is 137 cm³/mol. The van der Waals surface area contributed by atoms with Crippen LogP contribution in [-0.4, -0.2) is 33.8 Å². The summed E-state index contributed by atoms with van der Waals surface area (Å²) in [5.74, 6) is -0.815. The third-order valence-electron chi connectivity index (χ3n) is 5.06. The number of fused-ring (bicyclic) bond motifs is 1. The third-order valence-corrected chi connectivity index (χ3v) is 6.26. The average Bonchev–Trinajstić information content (AvgIpc) is 3.14. The number of halogens is 1. The molecule has 4 aromatic rings. The molecule has 34 heavy (non-hydrogen) atoms. The van der Waals surface area contributed by atoms with Crippen molar-refractivity contribution in [2.24, 2.45) is 0 Å². The number of esters is 1. The fraction of sp³-hybridized carbons (Fsp3) is 0.192. The summed E-state index contributed by atoms with van der Waals surface area (Å²) in [7, 11) is 0. The number of carbonyl (C=O) groups is 2. The summed E-state index contributed by atoms with van der Waals surface area (Å²) in [6.45, 7) is 4.17. The first-order valence-electron chi connectivity index (χ1n) is 10.7. The van der Waals surface area contributed by atoms with Crippen LogP contribution in [-0.2, 0) is 20.9 Å². The van der Waals surface area contributed by atoms with Gasteiger partial charge in [0.15, 0.2) is 11.8 Å². The molecule has 4 rings (SSSR count). The Hall–Kier alpha value is -3.29. The molecule has 1 heterocycles. The van der Waals surface area contributed by atoms with Crippen molar-refractivity contribution in [3.8, 4) is 0 Å². The summed E-state index contributed by atoms with van der Waals surface area (Å²) in [6.07, 6.45) is 0. The van der Waals surface area contributed by atoms with E-state index < -0.39 is 5.97 Å². The minimum absolute atomic E-state index is 0.0424. The van der Waals surface area contributed by atoms with Crippen LogP contribution in [0.15, 0.2) is 71.9 Å². The molecule has 3 aromatic carbocycles. The van der Waals surface area contributed by atoms with Gasteiger partial charge in [-0.2, -0.15) is 0 Å². The largest absolute Gasteiger partial charge is 0.455 e. The lowest BCUT2D eigenvalue weighted by Crippen LogP contribution is -2.21. The summed E-state index contributed by atoms with van der Waals surface area (Å²) in [4.78, 5) is 29.2. The monoisotopic (exact) mass is 493 g/mol. The van der Waals surface area contributed by atoms with Crippen molar-refractivity contribution < 1.29 is 14.3 Å². The number of rotatable bonds is 8. The molecule has 0 aliphatic heterocycles. The van der Waals surface area contributed by atoms with Crippen LogP contribution in [0, 0.1) is 13.8 Å². The maximum atomic E-state index is 12.3. The molecule has 8 heteroatoms. The van der Waals surface area contributed by atoms with Crippen LogP contribution in [0.1, 0.15) is 16.7 Å². The molecule has 0 radical (unpaired) electrons. The Morgan fingerprint density at radius 2 is 1.74 bits per heavy atom. The summed E-state index contributed by atoms with van der Waals surface area (Å²) < 4.78 is 7.24. The number of carbonyl (C=O) groups excluding carboxylic acids is 2. The molecule has 0 atom stereocenters. The van der Waals surface area contributed by atoms with Gasteiger partial charge in [-0.25, -0.2) is 4.98 Å². The summed E-state index contributed by atoms with van der Waals surface area (Å²) in [5.41, 5.74) is 5.67. The number of hydrogen-bond acceptors (Lipinski definition) is 5. The van der Waals surface area contributed by atoms with E-state index in [0.29, 0.717) is 22.4 Å². The molecule has 174 valence electrons. The zero-order chi connectivity index (χ0) is 24.1. The zero-order valence-electron chi connectivity index (χ0n) is 18.9. The molecular weight excluding hydrogens is 470 g/mol. The number of amides is 1. The van der Waals surface area contributed by atoms with E-state index in [9.17, 15) is 9.59 Å². The smallest absolute Gasteiger partial charge is 0.316 e. The highest BCUT2D eigenvalue weighted by Crippen LogP contribution is 2.26. The lowest BCUT2D eigenvalue weighted by atomic mass is 10.1.